The van der Waals surface area contributed by atoms with Gasteiger partial charge in [-0.1, -0.05) is 58.3 Å². The van der Waals surface area contributed by atoms with Crippen LogP contribution in [0.3, 0.4) is 0 Å². The highest BCUT2D eigenvalue weighted by Crippen LogP contribution is 2.11. The van der Waals surface area contributed by atoms with E-state index < -0.39 is 47.8 Å². The first-order valence-corrected chi connectivity index (χ1v) is 13.3. The Bertz CT molecular complexity index is 677. The van der Waals surface area contributed by atoms with Gasteiger partial charge in [0.1, 0.15) is 18.1 Å². The zero-order valence-electron chi connectivity index (χ0n) is 20.5. The quantitative estimate of drug-likeness (QED) is 0.115. The zero-order valence-corrected chi connectivity index (χ0v) is 21.3. The van der Waals surface area contributed by atoms with Gasteiger partial charge in [0, 0.05) is 24.3 Å². The third-order valence-corrected chi connectivity index (χ3v) is 6.50. The standard InChI is InChI=1S/C23H41N3O8S/c1-2-3-4-5-6-7-8-9-10-11-19(27)25-17(22(31)32)12-13-20(28)26-18(23(33)34)15-35-14-16(24)21(29)30/h16-18H,2-15,24H2,1H3,(H,25,27)(H,26,28)(H,29,30)(H,31,32)(H,33,34)/t16-,17+,18+/m0/s1. The van der Waals surface area contributed by atoms with Crippen molar-refractivity contribution in [3.63, 3.8) is 0 Å². The molecular weight excluding hydrogens is 478 g/mol. The number of thioether (sulfide) groups is 1. The molecule has 0 unspecified atom stereocenters. The number of amides is 2. The number of rotatable bonds is 22. The van der Waals surface area contributed by atoms with Crippen LogP contribution in [0.5, 0.6) is 0 Å². The van der Waals surface area contributed by atoms with E-state index in [1.165, 1.54) is 32.1 Å². The third kappa shape index (κ3) is 17.7. The molecule has 0 bridgehead atoms. The van der Waals surface area contributed by atoms with Crippen molar-refractivity contribution in [2.45, 2.75) is 102 Å². The van der Waals surface area contributed by atoms with Crippen molar-refractivity contribution in [3.8, 4) is 0 Å². The van der Waals surface area contributed by atoms with E-state index in [1.54, 1.807) is 0 Å². The van der Waals surface area contributed by atoms with Crippen LogP contribution in [-0.2, 0) is 24.0 Å². The lowest BCUT2D eigenvalue weighted by atomic mass is 10.1. The lowest BCUT2D eigenvalue weighted by Crippen LogP contribution is -2.45. The Labute approximate surface area is 211 Å². The molecule has 0 aliphatic carbocycles. The van der Waals surface area contributed by atoms with Crippen LogP contribution in [0.4, 0.5) is 0 Å². The van der Waals surface area contributed by atoms with Crippen LogP contribution in [0, 0.1) is 0 Å². The third-order valence-electron chi connectivity index (χ3n) is 5.33. The molecule has 0 fully saturated rings. The molecule has 2 amide bonds. The molecule has 0 aliphatic rings. The summed E-state index contributed by atoms with van der Waals surface area (Å²) in [6.07, 6.45) is 9.60. The first kappa shape index (κ1) is 32.7. The van der Waals surface area contributed by atoms with Gasteiger partial charge in [-0.25, -0.2) is 9.59 Å². The van der Waals surface area contributed by atoms with Crippen molar-refractivity contribution < 1.29 is 39.3 Å². The molecule has 0 aromatic heterocycles. The lowest BCUT2D eigenvalue weighted by molar-refractivity contribution is -0.143. The highest BCUT2D eigenvalue weighted by molar-refractivity contribution is 7.99. The number of carboxylic acids is 3. The molecule has 0 aliphatic heterocycles. The number of nitrogens with one attached hydrogen (secondary N) is 2. The van der Waals surface area contributed by atoms with Gasteiger partial charge < -0.3 is 31.7 Å². The number of carbonyl (C=O) groups excluding carboxylic acids is 2. The first-order valence-electron chi connectivity index (χ1n) is 12.2. The minimum atomic E-state index is -1.31. The van der Waals surface area contributed by atoms with Gasteiger partial charge in [-0.05, 0) is 12.8 Å². The average Bonchev–Trinajstić information content (AvgIpc) is 2.79. The summed E-state index contributed by atoms with van der Waals surface area (Å²) in [5, 5.41) is 32.0. The summed E-state index contributed by atoms with van der Waals surface area (Å²) >= 11 is 0.970. The normalized spacial score (nSPS) is 13.4. The van der Waals surface area contributed by atoms with Crippen LogP contribution in [-0.4, -0.2) is 74.7 Å². The molecule has 11 nitrogen and oxygen atoms in total. The van der Waals surface area contributed by atoms with E-state index in [-0.39, 0.29) is 30.8 Å². The van der Waals surface area contributed by atoms with Crippen molar-refractivity contribution in [2.24, 2.45) is 5.73 Å². The number of unbranched alkanes of at least 4 members (excludes halogenated alkanes) is 8. The number of nitrogens with two attached hydrogens (primary N) is 1. The summed E-state index contributed by atoms with van der Waals surface area (Å²) < 4.78 is 0. The molecule has 0 aromatic carbocycles. The second-order valence-corrected chi connectivity index (χ2v) is 9.59. The maximum absolute atomic E-state index is 12.1. The van der Waals surface area contributed by atoms with Crippen molar-refractivity contribution in [1.29, 1.82) is 0 Å². The Hall–Kier alpha value is -2.34. The number of hydrogen-bond acceptors (Lipinski definition) is 7. The van der Waals surface area contributed by atoms with E-state index in [4.69, 9.17) is 10.8 Å². The van der Waals surface area contributed by atoms with Crippen LogP contribution < -0.4 is 16.4 Å². The molecular formula is C23H41N3O8S. The summed E-state index contributed by atoms with van der Waals surface area (Å²) in [4.78, 5) is 57.7. The molecule has 0 radical (unpaired) electrons. The average molecular weight is 520 g/mol. The van der Waals surface area contributed by atoms with Crippen LogP contribution in [0.1, 0.15) is 84.0 Å². The summed E-state index contributed by atoms with van der Waals surface area (Å²) in [6, 6.07) is -3.68. The summed E-state index contributed by atoms with van der Waals surface area (Å²) in [6.45, 7) is 2.18. The molecule has 0 saturated heterocycles. The Morgan fingerprint density at radius 2 is 1.17 bits per heavy atom. The fourth-order valence-electron chi connectivity index (χ4n) is 3.22. The number of aliphatic carboxylic acids is 3. The predicted octanol–water partition coefficient (Wildman–Crippen LogP) is 1.97. The molecule has 0 saturated carbocycles. The molecule has 0 heterocycles. The first-order chi connectivity index (χ1) is 16.6. The minimum Gasteiger partial charge on any atom is -0.480 e. The van der Waals surface area contributed by atoms with E-state index >= 15 is 0 Å². The zero-order chi connectivity index (χ0) is 26.6. The minimum absolute atomic E-state index is 0.0267. The van der Waals surface area contributed by atoms with Gasteiger partial charge in [0.2, 0.25) is 11.8 Å². The fourth-order valence-corrected chi connectivity index (χ4v) is 4.22. The number of carbonyl (C=O) groups is 5. The van der Waals surface area contributed by atoms with Crippen LogP contribution in [0.2, 0.25) is 0 Å². The number of hydrogen-bond donors (Lipinski definition) is 6. The Morgan fingerprint density at radius 3 is 1.69 bits per heavy atom. The molecule has 0 rings (SSSR count). The largest absolute Gasteiger partial charge is 0.480 e. The van der Waals surface area contributed by atoms with Gasteiger partial charge in [-0.2, -0.15) is 11.8 Å². The summed E-state index contributed by atoms with van der Waals surface area (Å²) in [5.74, 6) is -4.99. The molecule has 7 N–H and O–H groups in total. The van der Waals surface area contributed by atoms with Gasteiger partial charge in [0.05, 0.1) is 0 Å². The Balaban J connectivity index is 4.28. The van der Waals surface area contributed by atoms with E-state index in [1.807, 2.05) is 0 Å². The SMILES string of the molecule is CCCCCCCCCCCC(=O)N[C@H](CCC(=O)N[C@H](CSC[C@H](N)C(=O)O)C(=O)O)C(=O)O. The lowest BCUT2D eigenvalue weighted by Gasteiger charge is -2.17. The maximum atomic E-state index is 12.1. The van der Waals surface area contributed by atoms with Gasteiger partial charge in [0.25, 0.3) is 0 Å². The second-order valence-electron chi connectivity index (χ2n) is 8.52. The smallest absolute Gasteiger partial charge is 0.327 e. The number of carboxylic acid groups (broad SMARTS) is 3. The van der Waals surface area contributed by atoms with E-state index in [9.17, 15) is 34.2 Å². The van der Waals surface area contributed by atoms with Crippen molar-refractivity contribution >= 4 is 41.5 Å². The Kier molecular flexibility index (Phi) is 18.6. The molecule has 12 heteroatoms. The molecule has 0 aromatic rings. The van der Waals surface area contributed by atoms with Gasteiger partial charge >= 0.3 is 17.9 Å². The molecule has 202 valence electrons. The second kappa shape index (κ2) is 19.9. The van der Waals surface area contributed by atoms with Crippen LogP contribution in [0.25, 0.3) is 0 Å². The van der Waals surface area contributed by atoms with Crippen LogP contribution >= 0.6 is 11.8 Å². The van der Waals surface area contributed by atoms with Crippen molar-refractivity contribution in [1.82, 2.24) is 10.6 Å². The highest BCUT2D eigenvalue weighted by atomic mass is 32.2. The van der Waals surface area contributed by atoms with Crippen LogP contribution in [0.15, 0.2) is 0 Å². The topological polar surface area (TPSA) is 196 Å². The summed E-state index contributed by atoms with van der Waals surface area (Å²) in [7, 11) is 0. The van der Waals surface area contributed by atoms with E-state index in [0.717, 1.165) is 31.0 Å². The Morgan fingerprint density at radius 1 is 0.686 bits per heavy atom. The maximum Gasteiger partial charge on any atom is 0.327 e. The molecule has 35 heavy (non-hydrogen) atoms. The van der Waals surface area contributed by atoms with E-state index in [0.29, 0.717) is 6.42 Å². The molecule has 3 atom stereocenters. The van der Waals surface area contributed by atoms with Gasteiger partial charge in [0.15, 0.2) is 0 Å². The van der Waals surface area contributed by atoms with Gasteiger partial charge in [-0.15, -0.1) is 0 Å². The van der Waals surface area contributed by atoms with Gasteiger partial charge in [-0.3, -0.25) is 14.4 Å². The molecule has 0 spiro atoms. The van der Waals surface area contributed by atoms with Crippen molar-refractivity contribution in [2.75, 3.05) is 11.5 Å². The highest BCUT2D eigenvalue weighted by Gasteiger charge is 2.24. The fraction of sp³-hybridized carbons (Fsp3) is 0.783. The summed E-state index contributed by atoms with van der Waals surface area (Å²) in [5.41, 5.74) is 5.36. The van der Waals surface area contributed by atoms with Crippen molar-refractivity contribution in [3.05, 3.63) is 0 Å². The van der Waals surface area contributed by atoms with E-state index in [2.05, 4.69) is 17.6 Å². The monoisotopic (exact) mass is 519 g/mol. The predicted molar refractivity (Wildman–Crippen MR) is 133 cm³/mol.